The summed E-state index contributed by atoms with van der Waals surface area (Å²) in [5.74, 6) is 0. The number of rotatable bonds is 4. The van der Waals surface area contributed by atoms with Crippen molar-refractivity contribution in [2.75, 3.05) is 7.05 Å². The van der Waals surface area contributed by atoms with Gasteiger partial charge < -0.3 is 5.32 Å². The van der Waals surface area contributed by atoms with Crippen molar-refractivity contribution in [3.63, 3.8) is 0 Å². The van der Waals surface area contributed by atoms with Gasteiger partial charge in [-0.3, -0.25) is 0 Å². The van der Waals surface area contributed by atoms with Crippen molar-refractivity contribution in [2.24, 2.45) is 0 Å². The monoisotopic (exact) mass is 327 g/mol. The smallest absolute Gasteiger partial charge is 0.0453 e. The Morgan fingerprint density at radius 1 is 1.00 bits per heavy atom. The molecule has 1 atom stereocenters. The molecule has 0 aliphatic rings. The van der Waals surface area contributed by atoms with Crippen molar-refractivity contribution in [3.05, 3.63) is 68.2 Å². The van der Waals surface area contributed by atoms with Gasteiger partial charge in [-0.1, -0.05) is 53.0 Å². The molecule has 1 nitrogen and oxygen atoms in total. The average Bonchev–Trinajstić information content (AvgIpc) is 2.41. The van der Waals surface area contributed by atoms with E-state index in [0.717, 1.165) is 22.6 Å². The highest BCUT2D eigenvalue weighted by Crippen LogP contribution is 2.27. The van der Waals surface area contributed by atoms with E-state index in [2.05, 4.69) is 11.4 Å². The van der Waals surface area contributed by atoms with E-state index in [-0.39, 0.29) is 6.04 Å². The maximum absolute atomic E-state index is 6.24. The summed E-state index contributed by atoms with van der Waals surface area (Å²) in [6.07, 6.45) is 0.799. The quantitative estimate of drug-likeness (QED) is 0.786. The van der Waals surface area contributed by atoms with Crippen LogP contribution in [0.15, 0.2) is 36.4 Å². The molecule has 0 radical (unpaired) electrons. The summed E-state index contributed by atoms with van der Waals surface area (Å²) in [5, 5.41) is 5.46. The van der Waals surface area contributed by atoms with Crippen molar-refractivity contribution in [1.82, 2.24) is 5.32 Å². The van der Waals surface area contributed by atoms with Gasteiger partial charge in [0.2, 0.25) is 0 Å². The first kappa shape index (κ1) is 15.7. The fraction of sp³-hybridized carbons (Fsp3) is 0.250. The molecule has 4 heteroatoms. The lowest BCUT2D eigenvalue weighted by Gasteiger charge is -2.18. The lowest BCUT2D eigenvalue weighted by Crippen LogP contribution is -2.19. The molecular weight excluding hydrogens is 313 g/mol. The summed E-state index contributed by atoms with van der Waals surface area (Å²) in [6, 6.07) is 11.9. The molecule has 1 unspecified atom stereocenters. The molecule has 1 N–H and O–H groups in total. The van der Waals surface area contributed by atoms with Gasteiger partial charge in [-0.2, -0.15) is 0 Å². The Labute approximate surface area is 134 Å². The number of halogens is 3. The highest BCUT2D eigenvalue weighted by Gasteiger charge is 2.13. The number of hydrogen-bond acceptors (Lipinski definition) is 1. The molecule has 0 saturated heterocycles. The van der Waals surface area contributed by atoms with Crippen LogP contribution < -0.4 is 5.32 Å². The molecule has 0 aliphatic heterocycles. The van der Waals surface area contributed by atoms with Crippen LogP contribution >= 0.6 is 34.8 Å². The second kappa shape index (κ2) is 6.82. The molecule has 0 amide bonds. The highest BCUT2D eigenvalue weighted by atomic mass is 35.5. The van der Waals surface area contributed by atoms with Gasteiger partial charge in [0.05, 0.1) is 0 Å². The Morgan fingerprint density at radius 2 is 1.75 bits per heavy atom. The zero-order valence-corrected chi connectivity index (χ0v) is 13.7. The predicted molar refractivity (Wildman–Crippen MR) is 88.2 cm³/mol. The second-order valence-corrected chi connectivity index (χ2v) is 6.04. The first-order chi connectivity index (χ1) is 9.51. The minimum absolute atomic E-state index is 0.185. The largest absolute Gasteiger partial charge is 0.313 e. The van der Waals surface area contributed by atoms with E-state index in [1.165, 1.54) is 5.56 Å². The van der Waals surface area contributed by atoms with Gasteiger partial charge in [0.1, 0.15) is 0 Å². The summed E-state index contributed by atoms with van der Waals surface area (Å²) in [6.45, 7) is 2.01. The lowest BCUT2D eigenvalue weighted by molar-refractivity contribution is 0.592. The summed E-state index contributed by atoms with van der Waals surface area (Å²) >= 11 is 18.2. The standard InChI is InChI=1S/C16H16Cl3N/c1-10-7-12(4-6-14(10)18)16(20-2)8-11-3-5-13(17)9-15(11)19/h3-7,9,16,20H,8H2,1-2H3. The van der Waals surface area contributed by atoms with Gasteiger partial charge in [-0.05, 0) is 55.3 Å². The van der Waals surface area contributed by atoms with E-state index in [4.69, 9.17) is 34.8 Å². The molecule has 2 rings (SSSR count). The fourth-order valence-electron chi connectivity index (χ4n) is 2.18. The predicted octanol–water partition coefficient (Wildman–Crippen LogP) is 5.46. The van der Waals surface area contributed by atoms with Gasteiger partial charge in [-0.25, -0.2) is 0 Å². The minimum atomic E-state index is 0.185. The second-order valence-electron chi connectivity index (χ2n) is 4.79. The fourth-order valence-corrected chi connectivity index (χ4v) is 2.78. The number of likely N-dealkylation sites (N-methyl/N-ethyl adjacent to an activating group) is 1. The van der Waals surface area contributed by atoms with Crippen molar-refractivity contribution in [1.29, 1.82) is 0 Å². The van der Waals surface area contributed by atoms with E-state index >= 15 is 0 Å². The van der Waals surface area contributed by atoms with Crippen LogP contribution in [0.1, 0.15) is 22.7 Å². The molecule has 0 spiro atoms. The van der Waals surface area contributed by atoms with Gasteiger partial charge >= 0.3 is 0 Å². The highest BCUT2D eigenvalue weighted by molar-refractivity contribution is 6.35. The summed E-state index contributed by atoms with van der Waals surface area (Å²) in [5.41, 5.74) is 3.34. The van der Waals surface area contributed by atoms with Crippen LogP contribution in [0.2, 0.25) is 15.1 Å². The molecule has 0 saturated carbocycles. The normalized spacial score (nSPS) is 12.4. The van der Waals surface area contributed by atoms with Crippen molar-refractivity contribution in [2.45, 2.75) is 19.4 Å². The lowest BCUT2D eigenvalue weighted by atomic mass is 9.97. The molecule has 2 aromatic rings. The first-order valence-corrected chi connectivity index (χ1v) is 7.52. The maximum Gasteiger partial charge on any atom is 0.0453 e. The van der Waals surface area contributed by atoms with E-state index in [0.29, 0.717) is 10.0 Å². The summed E-state index contributed by atoms with van der Waals surface area (Å²) in [4.78, 5) is 0. The average molecular weight is 329 g/mol. The molecule has 0 fully saturated rings. The van der Waals surface area contributed by atoms with Gasteiger partial charge in [0.25, 0.3) is 0 Å². The Balaban J connectivity index is 2.26. The van der Waals surface area contributed by atoms with Crippen LogP contribution in [0.25, 0.3) is 0 Å². The number of benzene rings is 2. The van der Waals surface area contributed by atoms with Crippen LogP contribution in [0.3, 0.4) is 0 Å². The number of hydrogen-bond donors (Lipinski definition) is 1. The van der Waals surface area contributed by atoms with Gasteiger partial charge in [0.15, 0.2) is 0 Å². The molecule has 2 aromatic carbocycles. The molecule has 20 heavy (non-hydrogen) atoms. The number of aryl methyl sites for hydroxylation is 1. The van der Waals surface area contributed by atoms with Crippen molar-refractivity contribution in [3.8, 4) is 0 Å². The van der Waals surface area contributed by atoms with Gasteiger partial charge in [-0.15, -0.1) is 0 Å². The van der Waals surface area contributed by atoms with E-state index in [1.807, 2.05) is 38.2 Å². The molecule has 0 bridgehead atoms. The molecule has 0 aliphatic carbocycles. The van der Waals surface area contributed by atoms with E-state index in [9.17, 15) is 0 Å². The van der Waals surface area contributed by atoms with E-state index in [1.54, 1.807) is 6.07 Å². The SMILES string of the molecule is CNC(Cc1ccc(Cl)cc1Cl)c1ccc(Cl)c(C)c1. The van der Waals surface area contributed by atoms with Gasteiger partial charge in [0, 0.05) is 21.1 Å². The minimum Gasteiger partial charge on any atom is -0.313 e. The van der Waals surface area contributed by atoms with Crippen LogP contribution in [0.4, 0.5) is 0 Å². The van der Waals surface area contributed by atoms with Crippen LogP contribution in [-0.2, 0) is 6.42 Å². The van der Waals surface area contributed by atoms with Crippen LogP contribution in [0, 0.1) is 6.92 Å². The van der Waals surface area contributed by atoms with E-state index < -0.39 is 0 Å². The first-order valence-electron chi connectivity index (χ1n) is 6.38. The zero-order chi connectivity index (χ0) is 14.7. The maximum atomic E-state index is 6.24. The number of nitrogens with one attached hydrogen (secondary N) is 1. The Morgan fingerprint density at radius 3 is 2.35 bits per heavy atom. The molecule has 106 valence electrons. The van der Waals surface area contributed by atoms with Crippen molar-refractivity contribution >= 4 is 34.8 Å². The third kappa shape index (κ3) is 3.67. The topological polar surface area (TPSA) is 12.0 Å². The summed E-state index contributed by atoms with van der Waals surface area (Å²) < 4.78 is 0. The van der Waals surface area contributed by atoms with Crippen molar-refractivity contribution < 1.29 is 0 Å². The molecular formula is C16H16Cl3N. The zero-order valence-electron chi connectivity index (χ0n) is 11.4. The summed E-state index contributed by atoms with van der Waals surface area (Å²) in [7, 11) is 1.94. The Hall–Kier alpha value is -0.730. The van der Waals surface area contributed by atoms with Crippen LogP contribution in [0.5, 0.6) is 0 Å². The Bertz CT molecular complexity index is 611. The Kier molecular flexibility index (Phi) is 5.34. The molecule has 0 heterocycles. The molecule has 0 aromatic heterocycles. The van der Waals surface area contributed by atoms with Crippen LogP contribution in [-0.4, -0.2) is 7.05 Å². The third-order valence-electron chi connectivity index (χ3n) is 3.37. The third-order valence-corrected chi connectivity index (χ3v) is 4.38.